The molecule has 0 saturated heterocycles. The molecule has 0 saturated carbocycles. The number of esters is 1. The Morgan fingerprint density at radius 2 is 1.26 bits per heavy atom. The lowest BCUT2D eigenvalue weighted by molar-refractivity contribution is 0.0145. The molecule has 5 aromatic rings. The van der Waals surface area contributed by atoms with E-state index < -0.39 is 36.0 Å². The summed E-state index contributed by atoms with van der Waals surface area (Å²) in [5.74, 6) is -0.476. The standard InChI is InChI=1S/C46H47NO5SSi/c1-33-27-29-38(30-28-33)53(49,50)47-31-39-42(35-21-13-8-14-22-35)46(37-25-17-10-18-26-37,52-44(48)36-23-15-9-16-24-36)43(39)41(34-19-11-7-12-20-34)40(47)32-51-54(5,6)45(2,3)4/h7-30,40H,31-32H2,1-6H3/t40-,46-/m0/s1. The molecule has 276 valence electrons. The van der Waals surface area contributed by atoms with Crippen molar-refractivity contribution in [2.24, 2.45) is 0 Å². The van der Waals surface area contributed by atoms with Crippen molar-refractivity contribution in [3.63, 3.8) is 0 Å². The molecule has 54 heavy (non-hydrogen) atoms. The van der Waals surface area contributed by atoms with E-state index in [0.29, 0.717) is 5.56 Å². The topological polar surface area (TPSA) is 72.9 Å². The molecule has 0 N–H and O–H groups in total. The van der Waals surface area contributed by atoms with Crippen molar-refractivity contribution >= 4 is 35.5 Å². The maximum absolute atomic E-state index is 15.1. The van der Waals surface area contributed by atoms with Crippen LogP contribution in [0.15, 0.2) is 162 Å². The smallest absolute Gasteiger partial charge is 0.339 e. The lowest BCUT2D eigenvalue weighted by atomic mass is 9.59. The molecule has 0 amide bonds. The van der Waals surface area contributed by atoms with Crippen molar-refractivity contribution in [2.45, 2.75) is 62.4 Å². The predicted octanol–water partition coefficient (Wildman–Crippen LogP) is 10.1. The molecule has 0 fully saturated rings. The zero-order valence-electron chi connectivity index (χ0n) is 31.7. The summed E-state index contributed by atoms with van der Waals surface area (Å²) in [5.41, 5.74) is 5.60. The van der Waals surface area contributed by atoms with Gasteiger partial charge >= 0.3 is 5.97 Å². The van der Waals surface area contributed by atoms with Crippen LogP contribution in [-0.2, 0) is 24.8 Å². The summed E-state index contributed by atoms with van der Waals surface area (Å²) >= 11 is 0. The van der Waals surface area contributed by atoms with Crippen LogP contribution >= 0.6 is 0 Å². The number of sulfonamides is 1. The van der Waals surface area contributed by atoms with Crippen LogP contribution in [0.1, 0.15) is 53.4 Å². The van der Waals surface area contributed by atoms with Crippen LogP contribution < -0.4 is 0 Å². The van der Waals surface area contributed by atoms with E-state index in [4.69, 9.17) is 9.16 Å². The average Bonchev–Trinajstić information content (AvgIpc) is 3.17. The van der Waals surface area contributed by atoms with Crippen molar-refractivity contribution in [1.29, 1.82) is 0 Å². The van der Waals surface area contributed by atoms with Crippen molar-refractivity contribution in [3.8, 4) is 0 Å². The monoisotopic (exact) mass is 753 g/mol. The van der Waals surface area contributed by atoms with E-state index in [1.807, 2.05) is 128 Å². The van der Waals surface area contributed by atoms with Gasteiger partial charge in [0.25, 0.3) is 0 Å². The number of carbonyl (C=O) groups is 1. The Hall–Kier alpha value is -4.86. The molecule has 2 aliphatic rings. The maximum atomic E-state index is 15.1. The minimum Gasteiger partial charge on any atom is -0.441 e. The lowest BCUT2D eigenvalue weighted by Crippen LogP contribution is -2.56. The van der Waals surface area contributed by atoms with Gasteiger partial charge in [-0.2, -0.15) is 4.31 Å². The molecule has 1 heterocycles. The van der Waals surface area contributed by atoms with Crippen LogP contribution in [0, 0.1) is 6.92 Å². The quantitative estimate of drug-likeness (QED) is 0.105. The van der Waals surface area contributed by atoms with E-state index in [9.17, 15) is 4.79 Å². The number of ether oxygens (including phenoxy) is 1. The molecule has 7 rings (SSSR count). The Labute approximate surface area is 321 Å². The number of carbonyl (C=O) groups excluding carboxylic acids is 1. The molecule has 0 radical (unpaired) electrons. The Kier molecular flexibility index (Phi) is 10.00. The third-order valence-corrected chi connectivity index (χ3v) is 17.6. The molecule has 0 bridgehead atoms. The number of hydrogen-bond acceptors (Lipinski definition) is 5. The first-order valence-electron chi connectivity index (χ1n) is 18.4. The Balaban J connectivity index is 1.57. The number of fused-ring (bicyclic) bond motifs is 1. The van der Waals surface area contributed by atoms with Gasteiger partial charge < -0.3 is 9.16 Å². The van der Waals surface area contributed by atoms with Gasteiger partial charge in [0.2, 0.25) is 10.0 Å². The zero-order chi connectivity index (χ0) is 38.3. The van der Waals surface area contributed by atoms with Crippen LogP contribution in [0.3, 0.4) is 0 Å². The van der Waals surface area contributed by atoms with E-state index in [2.05, 4.69) is 33.9 Å². The highest BCUT2D eigenvalue weighted by molar-refractivity contribution is 7.89. The number of rotatable bonds is 10. The largest absolute Gasteiger partial charge is 0.441 e. The van der Waals surface area contributed by atoms with Crippen LogP contribution in [0.2, 0.25) is 18.1 Å². The van der Waals surface area contributed by atoms with Crippen LogP contribution in [0.5, 0.6) is 0 Å². The summed E-state index contributed by atoms with van der Waals surface area (Å²) in [6, 6.07) is 44.9. The Bertz CT molecular complexity index is 2320. The minimum absolute atomic E-state index is 0.0646. The molecular weight excluding hydrogens is 707 g/mol. The van der Waals surface area contributed by atoms with Gasteiger partial charge in [-0.15, -0.1) is 0 Å². The third-order valence-electron chi connectivity index (χ3n) is 11.2. The second-order valence-electron chi connectivity index (χ2n) is 15.6. The number of aryl methyl sites for hydroxylation is 1. The first-order valence-corrected chi connectivity index (χ1v) is 22.8. The first kappa shape index (κ1) is 37.5. The van der Waals surface area contributed by atoms with Gasteiger partial charge in [0.05, 0.1) is 23.1 Å². The molecule has 1 aliphatic heterocycles. The van der Waals surface area contributed by atoms with Gasteiger partial charge in [-0.05, 0) is 71.6 Å². The SMILES string of the molecule is Cc1ccc(S(=O)(=O)N2CC3=C(c4ccccc4)[C@@](OC(=O)c4ccccc4)(c4ccccc4)C3=C(c3ccccc3)[C@@H]2CO[Si](C)(C)C(C)(C)C)cc1. The fraction of sp³-hybridized carbons (Fsp3) is 0.239. The molecule has 5 aromatic carbocycles. The second kappa shape index (κ2) is 14.4. The third kappa shape index (κ3) is 6.62. The highest BCUT2D eigenvalue weighted by atomic mass is 32.2. The normalized spacial score (nSPS) is 19.3. The van der Waals surface area contributed by atoms with Crippen molar-refractivity contribution in [1.82, 2.24) is 4.31 Å². The van der Waals surface area contributed by atoms with E-state index in [0.717, 1.165) is 44.5 Å². The fourth-order valence-electron chi connectivity index (χ4n) is 7.30. The van der Waals surface area contributed by atoms with Crippen LogP contribution in [-0.4, -0.2) is 46.2 Å². The fourth-order valence-corrected chi connectivity index (χ4v) is 9.86. The van der Waals surface area contributed by atoms with Gasteiger partial charge in [0, 0.05) is 23.3 Å². The van der Waals surface area contributed by atoms with Crippen molar-refractivity contribution in [2.75, 3.05) is 13.2 Å². The molecule has 0 spiro atoms. The molecule has 0 unspecified atom stereocenters. The van der Waals surface area contributed by atoms with Gasteiger partial charge in [-0.1, -0.05) is 148 Å². The van der Waals surface area contributed by atoms with Gasteiger partial charge in [0.1, 0.15) is 0 Å². The lowest BCUT2D eigenvalue weighted by Gasteiger charge is -2.54. The van der Waals surface area contributed by atoms with Gasteiger partial charge in [-0.25, -0.2) is 13.2 Å². The molecule has 8 heteroatoms. The van der Waals surface area contributed by atoms with E-state index in [1.54, 1.807) is 28.6 Å². The van der Waals surface area contributed by atoms with Crippen molar-refractivity contribution in [3.05, 3.63) is 185 Å². The summed E-state index contributed by atoms with van der Waals surface area (Å²) in [6.07, 6.45) is 0. The zero-order valence-corrected chi connectivity index (χ0v) is 33.6. The molecule has 6 nitrogen and oxygen atoms in total. The summed E-state index contributed by atoms with van der Waals surface area (Å²) in [7, 11) is -6.47. The molecule has 0 aromatic heterocycles. The highest BCUT2D eigenvalue weighted by Crippen LogP contribution is 2.63. The Morgan fingerprint density at radius 1 is 0.741 bits per heavy atom. The van der Waals surface area contributed by atoms with Gasteiger partial charge in [0.15, 0.2) is 13.9 Å². The number of hydrogen-bond donors (Lipinski definition) is 0. The van der Waals surface area contributed by atoms with Crippen molar-refractivity contribution < 1.29 is 22.4 Å². The minimum atomic E-state index is -4.08. The van der Waals surface area contributed by atoms with E-state index in [-0.39, 0.29) is 23.1 Å². The number of benzene rings is 5. The summed E-state index contributed by atoms with van der Waals surface area (Å²) in [5, 5.41) is -0.122. The number of nitrogens with zero attached hydrogens (tertiary/aromatic N) is 1. The molecule has 1 aliphatic carbocycles. The van der Waals surface area contributed by atoms with Crippen LogP contribution in [0.4, 0.5) is 0 Å². The summed E-state index contributed by atoms with van der Waals surface area (Å²) in [4.78, 5) is 14.6. The summed E-state index contributed by atoms with van der Waals surface area (Å²) in [6.45, 7) is 13.0. The molecular formula is C46H47NO5SSi. The van der Waals surface area contributed by atoms with E-state index in [1.165, 1.54) is 0 Å². The molecule has 2 atom stereocenters. The second-order valence-corrected chi connectivity index (χ2v) is 22.3. The van der Waals surface area contributed by atoms with Gasteiger partial charge in [-0.3, -0.25) is 0 Å². The average molecular weight is 754 g/mol. The first-order chi connectivity index (χ1) is 25.8. The summed E-state index contributed by atoms with van der Waals surface area (Å²) < 4.78 is 45.7. The predicted molar refractivity (Wildman–Crippen MR) is 219 cm³/mol. The van der Waals surface area contributed by atoms with E-state index >= 15 is 8.42 Å². The van der Waals surface area contributed by atoms with Crippen LogP contribution in [0.25, 0.3) is 11.1 Å². The highest BCUT2D eigenvalue weighted by Gasteiger charge is 2.60. The Morgan fingerprint density at radius 3 is 1.81 bits per heavy atom. The maximum Gasteiger partial charge on any atom is 0.339 e.